The third-order valence-electron chi connectivity index (χ3n) is 4.94. The number of para-hydroxylation sites is 1. The number of aromatic nitrogens is 7. The average molecular weight is 433 g/mol. The van der Waals surface area contributed by atoms with Crippen LogP contribution in [0, 0.1) is 0 Å². The monoisotopic (exact) mass is 433 g/mol. The highest BCUT2D eigenvalue weighted by Gasteiger charge is 2.22. The minimum Gasteiger partial charge on any atom is -0.338 e. The van der Waals surface area contributed by atoms with Crippen molar-refractivity contribution in [2.45, 2.75) is 37.2 Å². The van der Waals surface area contributed by atoms with Crippen molar-refractivity contribution < 1.29 is 4.52 Å². The van der Waals surface area contributed by atoms with E-state index in [0.717, 1.165) is 17.5 Å². The van der Waals surface area contributed by atoms with Gasteiger partial charge >= 0.3 is 0 Å². The first-order valence-electron chi connectivity index (χ1n) is 9.94. The molecule has 5 aromatic rings. The summed E-state index contributed by atoms with van der Waals surface area (Å²) in [6.07, 6.45) is 4.19. The molecule has 31 heavy (non-hydrogen) atoms. The number of nitrogens with zero attached hydrogens (tertiary/aromatic N) is 7. The summed E-state index contributed by atoms with van der Waals surface area (Å²) in [5, 5.41) is 13.9. The highest BCUT2D eigenvalue weighted by molar-refractivity contribution is 7.99. The summed E-state index contributed by atoms with van der Waals surface area (Å²) < 4.78 is 9.10. The van der Waals surface area contributed by atoms with E-state index in [2.05, 4.69) is 25.3 Å². The molecular weight excluding hydrogens is 414 g/mol. The molecule has 0 amide bonds. The van der Waals surface area contributed by atoms with Crippen LogP contribution in [-0.2, 0) is 6.54 Å². The zero-order valence-corrected chi connectivity index (χ0v) is 17.8. The Balaban J connectivity index is 1.56. The molecule has 0 radical (unpaired) electrons. The van der Waals surface area contributed by atoms with Gasteiger partial charge in [-0.2, -0.15) is 4.98 Å². The Kier molecular flexibility index (Phi) is 4.99. The summed E-state index contributed by atoms with van der Waals surface area (Å²) in [6.45, 7) is 4.58. The van der Waals surface area contributed by atoms with Crippen LogP contribution in [0.1, 0.15) is 31.4 Å². The van der Waals surface area contributed by atoms with Crippen LogP contribution in [0.5, 0.6) is 0 Å². The maximum Gasteiger partial charge on any atom is 0.262 e. The maximum atomic E-state index is 13.0. The molecule has 0 saturated carbocycles. The number of rotatable bonds is 6. The van der Waals surface area contributed by atoms with Crippen molar-refractivity contribution in [2.24, 2.45) is 0 Å². The molecule has 0 saturated heterocycles. The third kappa shape index (κ3) is 3.38. The number of hydrogen-bond acceptors (Lipinski definition) is 8. The fraction of sp³-hybridized carbons (Fsp3) is 0.238. The number of fused-ring (bicyclic) bond motifs is 3. The van der Waals surface area contributed by atoms with Crippen molar-refractivity contribution in [3.8, 4) is 11.4 Å². The second kappa shape index (κ2) is 7.95. The van der Waals surface area contributed by atoms with Gasteiger partial charge in [0.25, 0.3) is 5.56 Å². The normalized spacial score (nSPS) is 12.6. The fourth-order valence-electron chi connectivity index (χ4n) is 3.46. The lowest BCUT2D eigenvalue weighted by Crippen LogP contribution is -2.23. The number of pyridine rings is 1. The molecular formula is C21H19N7O2S. The molecule has 4 heterocycles. The van der Waals surface area contributed by atoms with Gasteiger partial charge in [0.05, 0.1) is 16.2 Å². The van der Waals surface area contributed by atoms with Gasteiger partial charge in [0.1, 0.15) is 0 Å². The molecule has 1 aromatic carbocycles. The third-order valence-corrected chi connectivity index (χ3v) is 5.97. The lowest BCUT2D eigenvalue weighted by atomic mass is 10.2. The summed E-state index contributed by atoms with van der Waals surface area (Å²) in [7, 11) is 0. The Morgan fingerprint density at radius 2 is 1.94 bits per heavy atom. The second-order valence-electron chi connectivity index (χ2n) is 7.04. The summed E-state index contributed by atoms with van der Waals surface area (Å²) in [6, 6.07) is 11.2. The van der Waals surface area contributed by atoms with Crippen molar-refractivity contribution in [3.63, 3.8) is 0 Å². The van der Waals surface area contributed by atoms with Crippen LogP contribution in [0.4, 0.5) is 0 Å². The van der Waals surface area contributed by atoms with Crippen molar-refractivity contribution in [3.05, 3.63) is 65.0 Å². The molecule has 0 aliphatic rings. The molecule has 9 nitrogen and oxygen atoms in total. The van der Waals surface area contributed by atoms with Crippen molar-refractivity contribution >= 4 is 28.4 Å². The molecule has 0 bridgehead atoms. The zero-order chi connectivity index (χ0) is 21.4. The lowest BCUT2D eigenvalue weighted by Gasteiger charge is -2.11. The molecule has 0 N–H and O–H groups in total. The van der Waals surface area contributed by atoms with E-state index in [1.165, 1.54) is 11.8 Å². The van der Waals surface area contributed by atoms with Gasteiger partial charge in [-0.25, -0.2) is 0 Å². The molecule has 4 aromatic heterocycles. The van der Waals surface area contributed by atoms with Crippen LogP contribution in [0.3, 0.4) is 0 Å². The molecule has 0 fully saturated rings. The first-order valence-corrected chi connectivity index (χ1v) is 10.8. The van der Waals surface area contributed by atoms with Crippen molar-refractivity contribution in [1.29, 1.82) is 0 Å². The topological polar surface area (TPSA) is 104 Å². The number of hydrogen-bond donors (Lipinski definition) is 0. The van der Waals surface area contributed by atoms with Crippen LogP contribution in [0.2, 0.25) is 0 Å². The van der Waals surface area contributed by atoms with Crippen LogP contribution >= 0.6 is 11.8 Å². The van der Waals surface area contributed by atoms with E-state index in [1.807, 2.05) is 54.6 Å². The molecule has 5 rings (SSSR count). The Bertz CT molecular complexity index is 1420. The standard InChI is InChI=1S/C21H19N7O2S/c1-3-12-27-19(29)15-6-4-5-7-16(15)28-20(27)24-25-21(28)31-13(2)18-23-17(26-30-18)14-8-10-22-11-9-14/h4-11,13H,3,12H2,1-2H3. The van der Waals surface area contributed by atoms with Gasteiger partial charge < -0.3 is 4.52 Å². The average Bonchev–Trinajstić information content (AvgIpc) is 3.45. The van der Waals surface area contributed by atoms with Gasteiger partial charge in [-0.05, 0) is 37.6 Å². The summed E-state index contributed by atoms with van der Waals surface area (Å²) in [5.41, 5.74) is 1.56. The molecule has 1 unspecified atom stereocenters. The predicted molar refractivity (Wildman–Crippen MR) is 117 cm³/mol. The van der Waals surface area contributed by atoms with Crippen LogP contribution in [0.25, 0.3) is 28.1 Å². The van der Waals surface area contributed by atoms with E-state index in [9.17, 15) is 4.79 Å². The molecule has 10 heteroatoms. The fourth-order valence-corrected chi connectivity index (χ4v) is 4.35. The van der Waals surface area contributed by atoms with E-state index >= 15 is 0 Å². The Hall–Kier alpha value is -3.53. The van der Waals surface area contributed by atoms with Gasteiger partial charge in [-0.3, -0.25) is 18.7 Å². The van der Waals surface area contributed by atoms with E-state index in [1.54, 1.807) is 17.0 Å². The number of benzene rings is 1. The van der Waals surface area contributed by atoms with Crippen LogP contribution in [-0.4, -0.2) is 34.3 Å². The van der Waals surface area contributed by atoms with Gasteiger partial charge in [0, 0.05) is 24.5 Å². The maximum absolute atomic E-state index is 13.0. The van der Waals surface area contributed by atoms with E-state index < -0.39 is 0 Å². The highest BCUT2D eigenvalue weighted by Crippen LogP contribution is 2.34. The first-order chi connectivity index (χ1) is 15.2. The van der Waals surface area contributed by atoms with E-state index in [-0.39, 0.29) is 10.8 Å². The second-order valence-corrected chi connectivity index (χ2v) is 8.35. The summed E-state index contributed by atoms with van der Waals surface area (Å²) >= 11 is 1.45. The Morgan fingerprint density at radius 1 is 1.13 bits per heavy atom. The summed E-state index contributed by atoms with van der Waals surface area (Å²) in [4.78, 5) is 21.5. The largest absolute Gasteiger partial charge is 0.338 e. The number of thioether (sulfide) groups is 1. The summed E-state index contributed by atoms with van der Waals surface area (Å²) in [5.74, 6) is 1.53. The highest BCUT2D eigenvalue weighted by atomic mass is 32.2. The Labute approximate surface area is 181 Å². The van der Waals surface area contributed by atoms with Gasteiger partial charge in [0.2, 0.25) is 17.5 Å². The van der Waals surface area contributed by atoms with E-state index in [4.69, 9.17) is 4.52 Å². The van der Waals surface area contributed by atoms with Gasteiger partial charge in [0.15, 0.2) is 5.16 Å². The van der Waals surface area contributed by atoms with Gasteiger partial charge in [-0.15, -0.1) is 10.2 Å². The van der Waals surface area contributed by atoms with Crippen LogP contribution in [0.15, 0.2) is 63.3 Å². The molecule has 0 aliphatic heterocycles. The molecule has 156 valence electrons. The minimum atomic E-state index is -0.166. The first kappa shape index (κ1) is 19.4. The minimum absolute atomic E-state index is 0.0548. The SMILES string of the molecule is CCCn1c(=O)c2ccccc2n2c(SC(C)c3nc(-c4ccncc4)no3)nnc12. The quantitative estimate of drug-likeness (QED) is 0.373. The predicted octanol–water partition coefficient (Wildman–Crippen LogP) is 3.75. The Morgan fingerprint density at radius 3 is 2.74 bits per heavy atom. The van der Waals surface area contributed by atoms with Gasteiger partial charge in [-0.1, -0.05) is 36.0 Å². The molecule has 0 spiro atoms. The number of aryl methyl sites for hydroxylation is 1. The van der Waals surface area contributed by atoms with Crippen molar-refractivity contribution in [1.82, 2.24) is 34.3 Å². The van der Waals surface area contributed by atoms with Crippen LogP contribution < -0.4 is 5.56 Å². The zero-order valence-electron chi connectivity index (χ0n) is 17.0. The van der Waals surface area contributed by atoms with E-state index in [0.29, 0.717) is 34.6 Å². The molecule has 0 aliphatic carbocycles. The lowest BCUT2D eigenvalue weighted by molar-refractivity contribution is 0.380. The molecule has 1 atom stereocenters. The smallest absolute Gasteiger partial charge is 0.262 e. The van der Waals surface area contributed by atoms with Crippen molar-refractivity contribution in [2.75, 3.05) is 0 Å².